The fourth-order valence-corrected chi connectivity index (χ4v) is 3.88. The number of nitrogens with two attached hydrogens (primary N) is 1. The average molecular weight is 261 g/mol. The van der Waals surface area contributed by atoms with Gasteiger partial charge in [-0.3, -0.25) is 4.68 Å². The van der Waals surface area contributed by atoms with E-state index in [2.05, 4.69) is 16.9 Å². The zero-order valence-corrected chi connectivity index (χ0v) is 11.9. The molecule has 106 valence electrons. The third-order valence-corrected chi connectivity index (χ3v) is 4.94. The van der Waals surface area contributed by atoms with Crippen LogP contribution in [0.4, 0.5) is 0 Å². The van der Waals surface area contributed by atoms with Gasteiger partial charge in [0.15, 0.2) is 0 Å². The molecule has 0 aromatic carbocycles. The van der Waals surface area contributed by atoms with Crippen molar-refractivity contribution in [3.8, 4) is 0 Å². The van der Waals surface area contributed by atoms with Crippen molar-refractivity contribution in [2.45, 2.75) is 76.3 Å². The maximum absolute atomic E-state index is 6.30. The number of hydrogen-bond acceptors (Lipinski definition) is 2. The summed E-state index contributed by atoms with van der Waals surface area (Å²) in [5.74, 6) is 0.881. The van der Waals surface area contributed by atoms with Gasteiger partial charge < -0.3 is 5.73 Å². The molecule has 1 unspecified atom stereocenters. The highest BCUT2D eigenvalue weighted by molar-refractivity contribution is 5.02. The van der Waals surface area contributed by atoms with E-state index in [0.29, 0.717) is 12.1 Å². The predicted molar refractivity (Wildman–Crippen MR) is 78.0 cm³/mol. The Morgan fingerprint density at radius 1 is 1.16 bits per heavy atom. The first-order valence-corrected chi connectivity index (χ1v) is 8.11. The van der Waals surface area contributed by atoms with Crippen LogP contribution in [0, 0.1) is 5.92 Å². The van der Waals surface area contributed by atoms with Crippen LogP contribution in [0.15, 0.2) is 12.3 Å². The molecule has 1 atom stereocenters. The van der Waals surface area contributed by atoms with Crippen LogP contribution in [0.1, 0.15) is 69.5 Å². The normalized spacial score (nSPS) is 23.2. The smallest absolute Gasteiger partial charge is 0.0640 e. The molecular weight excluding hydrogens is 234 g/mol. The van der Waals surface area contributed by atoms with Crippen molar-refractivity contribution >= 4 is 0 Å². The highest BCUT2D eigenvalue weighted by atomic mass is 15.3. The summed E-state index contributed by atoms with van der Waals surface area (Å²) in [7, 11) is 0. The molecule has 1 aromatic heterocycles. The molecule has 2 aliphatic rings. The lowest BCUT2D eigenvalue weighted by atomic mass is 9.96. The molecule has 0 radical (unpaired) electrons. The molecule has 0 saturated heterocycles. The molecule has 0 amide bonds. The van der Waals surface area contributed by atoms with E-state index in [1.807, 2.05) is 0 Å². The lowest BCUT2D eigenvalue weighted by Crippen LogP contribution is -2.25. The molecule has 19 heavy (non-hydrogen) atoms. The quantitative estimate of drug-likeness (QED) is 0.882. The van der Waals surface area contributed by atoms with Gasteiger partial charge in [0.1, 0.15) is 0 Å². The Bertz CT molecular complexity index is 386. The SMILES string of the molecule is NC(Cc1ccn(C2CCCC2)n1)CC1CCCC1. The van der Waals surface area contributed by atoms with Crippen molar-refractivity contribution in [2.75, 3.05) is 0 Å². The number of rotatable bonds is 5. The fourth-order valence-electron chi connectivity index (χ4n) is 3.88. The van der Waals surface area contributed by atoms with Gasteiger partial charge in [0, 0.05) is 18.7 Å². The molecular formula is C16H27N3. The van der Waals surface area contributed by atoms with E-state index in [1.54, 1.807) is 0 Å². The van der Waals surface area contributed by atoms with Crippen molar-refractivity contribution in [3.63, 3.8) is 0 Å². The largest absolute Gasteiger partial charge is 0.327 e. The highest BCUT2D eigenvalue weighted by Gasteiger charge is 2.20. The second kappa shape index (κ2) is 6.08. The highest BCUT2D eigenvalue weighted by Crippen LogP contribution is 2.30. The Labute approximate surface area is 116 Å². The summed E-state index contributed by atoms with van der Waals surface area (Å²) in [5.41, 5.74) is 7.49. The molecule has 2 N–H and O–H groups in total. The van der Waals surface area contributed by atoms with Gasteiger partial charge in [-0.15, -0.1) is 0 Å². The zero-order chi connectivity index (χ0) is 13.1. The molecule has 3 nitrogen and oxygen atoms in total. The zero-order valence-electron chi connectivity index (χ0n) is 11.9. The standard InChI is InChI=1S/C16H27N3/c17-14(11-13-5-1-2-6-13)12-15-9-10-19(18-15)16-7-3-4-8-16/h9-10,13-14,16H,1-8,11-12,17H2. The maximum Gasteiger partial charge on any atom is 0.0640 e. The third kappa shape index (κ3) is 3.38. The second-order valence-electron chi connectivity index (χ2n) is 6.58. The first-order chi connectivity index (χ1) is 9.31. The van der Waals surface area contributed by atoms with E-state index >= 15 is 0 Å². The van der Waals surface area contributed by atoms with Crippen molar-refractivity contribution in [1.29, 1.82) is 0 Å². The van der Waals surface area contributed by atoms with Gasteiger partial charge in [-0.1, -0.05) is 38.5 Å². The number of nitrogens with zero attached hydrogens (tertiary/aromatic N) is 2. The van der Waals surface area contributed by atoms with E-state index < -0.39 is 0 Å². The maximum atomic E-state index is 6.30. The van der Waals surface area contributed by atoms with E-state index in [4.69, 9.17) is 10.8 Å². The fraction of sp³-hybridized carbons (Fsp3) is 0.812. The number of hydrogen-bond donors (Lipinski definition) is 1. The van der Waals surface area contributed by atoms with Gasteiger partial charge in [-0.05, 0) is 31.2 Å². The molecule has 1 aromatic rings. The Balaban J connectivity index is 1.51. The summed E-state index contributed by atoms with van der Waals surface area (Å²) in [5, 5.41) is 4.74. The molecule has 0 aliphatic heterocycles. The summed E-state index contributed by atoms with van der Waals surface area (Å²) >= 11 is 0. The Hall–Kier alpha value is -0.830. The van der Waals surface area contributed by atoms with Crippen molar-refractivity contribution < 1.29 is 0 Å². The van der Waals surface area contributed by atoms with Crippen LogP contribution in [0.2, 0.25) is 0 Å². The Morgan fingerprint density at radius 2 is 1.84 bits per heavy atom. The lowest BCUT2D eigenvalue weighted by Gasteiger charge is -2.15. The van der Waals surface area contributed by atoms with Crippen LogP contribution in [0.5, 0.6) is 0 Å². The molecule has 2 aliphatic carbocycles. The van der Waals surface area contributed by atoms with Crippen molar-refractivity contribution in [1.82, 2.24) is 9.78 Å². The Kier molecular flexibility index (Phi) is 4.21. The van der Waals surface area contributed by atoms with Gasteiger partial charge in [-0.2, -0.15) is 5.10 Å². The van der Waals surface area contributed by atoms with E-state index in [9.17, 15) is 0 Å². The number of aromatic nitrogens is 2. The third-order valence-electron chi connectivity index (χ3n) is 4.94. The topological polar surface area (TPSA) is 43.8 Å². The van der Waals surface area contributed by atoms with Crippen LogP contribution in [-0.2, 0) is 6.42 Å². The minimum Gasteiger partial charge on any atom is -0.327 e. The molecule has 3 rings (SSSR count). The van der Waals surface area contributed by atoms with E-state index in [0.717, 1.165) is 12.3 Å². The average Bonchev–Trinajstić information content (AvgIpc) is 3.09. The molecule has 3 heteroatoms. The van der Waals surface area contributed by atoms with Gasteiger partial charge >= 0.3 is 0 Å². The monoisotopic (exact) mass is 261 g/mol. The molecule has 0 spiro atoms. The Morgan fingerprint density at radius 3 is 2.58 bits per heavy atom. The molecule has 2 saturated carbocycles. The summed E-state index contributed by atoms with van der Waals surface area (Å²) in [6.45, 7) is 0. The summed E-state index contributed by atoms with van der Waals surface area (Å²) in [6, 6.07) is 3.13. The van der Waals surface area contributed by atoms with Crippen LogP contribution in [-0.4, -0.2) is 15.8 Å². The lowest BCUT2D eigenvalue weighted by molar-refractivity contribution is 0.431. The van der Waals surface area contributed by atoms with Gasteiger partial charge in [0.05, 0.1) is 11.7 Å². The first-order valence-electron chi connectivity index (χ1n) is 8.11. The van der Waals surface area contributed by atoms with Crippen LogP contribution < -0.4 is 5.73 Å². The summed E-state index contributed by atoms with van der Waals surface area (Å²) in [4.78, 5) is 0. The second-order valence-corrected chi connectivity index (χ2v) is 6.58. The van der Waals surface area contributed by atoms with Gasteiger partial charge in [-0.25, -0.2) is 0 Å². The van der Waals surface area contributed by atoms with E-state index in [-0.39, 0.29) is 0 Å². The van der Waals surface area contributed by atoms with Gasteiger partial charge in [0.2, 0.25) is 0 Å². The van der Waals surface area contributed by atoms with Crippen molar-refractivity contribution in [2.24, 2.45) is 11.7 Å². The summed E-state index contributed by atoms with van der Waals surface area (Å²) in [6.07, 6.45) is 15.2. The molecule has 2 fully saturated rings. The van der Waals surface area contributed by atoms with E-state index in [1.165, 1.54) is 63.5 Å². The minimum absolute atomic E-state index is 0.301. The van der Waals surface area contributed by atoms with Crippen LogP contribution in [0.3, 0.4) is 0 Å². The van der Waals surface area contributed by atoms with Gasteiger partial charge in [0.25, 0.3) is 0 Å². The predicted octanol–water partition coefficient (Wildman–Crippen LogP) is 3.45. The minimum atomic E-state index is 0.301. The van der Waals surface area contributed by atoms with Crippen LogP contribution >= 0.6 is 0 Å². The van der Waals surface area contributed by atoms with Crippen molar-refractivity contribution in [3.05, 3.63) is 18.0 Å². The molecule has 0 bridgehead atoms. The first kappa shape index (κ1) is 13.2. The van der Waals surface area contributed by atoms with Crippen LogP contribution in [0.25, 0.3) is 0 Å². The summed E-state index contributed by atoms with van der Waals surface area (Å²) < 4.78 is 2.19. The molecule has 1 heterocycles.